The maximum Gasteiger partial charge on any atom is 0.268 e. The summed E-state index contributed by atoms with van der Waals surface area (Å²) in [5.41, 5.74) is 2.53. The van der Waals surface area contributed by atoms with E-state index in [9.17, 15) is 4.79 Å². The van der Waals surface area contributed by atoms with Gasteiger partial charge in [-0.3, -0.25) is 9.69 Å². The van der Waals surface area contributed by atoms with Gasteiger partial charge in [-0.25, -0.2) is 9.97 Å². The molecule has 1 spiro atoms. The average molecular weight is 505 g/mol. The molecule has 0 unspecified atom stereocenters. The van der Waals surface area contributed by atoms with Crippen molar-refractivity contribution in [3.8, 4) is 0 Å². The Kier molecular flexibility index (Phi) is 6.46. The molecule has 5 heterocycles. The molecule has 0 radical (unpaired) electrons. The van der Waals surface area contributed by atoms with Gasteiger partial charge >= 0.3 is 0 Å². The fraction of sp³-hybridized carbons (Fsp3) is 0.556. The van der Waals surface area contributed by atoms with Crippen LogP contribution in [-0.4, -0.2) is 82.8 Å². The van der Waals surface area contributed by atoms with E-state index in [0.717, 1.165) is 62.3 Å². The van der Waals surface area contributed by atoms with Crippen molar-refractivity contribution < 1.29 is 9.53 Å². The van der Waals surface area contributed by atoms with Crippen LogP contribution in [0.1, 0.15) is 49.5 Å². The molecular formula is C27H36N8O2. The summed E-state index contributed by atoms with van der Waals surface area (Å²) < 4.78 is 7.60. The second-order valence-corrected chi connectivity index (χ2v) is 10.7. The molecule has 2 fully saturated rings. The van der Waals surface area contributed by atoms with Gasteiger partial charge in [-0.2, -0.15) is 4.98 Å². The van der Waals surface area contributed by atoms with Gasteiger partial charge in [0, 0.05) is 58.0 Å². The molecule has 10 nitrogen and oxygen atoms in total. The summed E-state index contributed by atoms with van der Waals surface area (Å²) >= 11 is 0. The van der Waals surface area contributed by atoms with Gasteiger partial charge < -0.3 is 24.8 Å². The van der Waals surface area contributed by atoms with E-state index in [1.54, 1.807) is 13.3 Å². The fourth-order valence-corrected chi connectivity index (χ4v) is 6.11. The van der Waals surface area contributed by atoms with Crippen molar-refractivity contribution in [1.29, 1.82) is 0 Å². The first-order chi connectivity index (χ1) is 18.0. The largest absolute Gasteiger partial charge is 0.380 e. The van der Waals surface area contributed by atoms with E-state index >= 15 is 0 Å². The Morgan fingerprint density at radius 1 is 1.11 bits per heavy atom. The van der Waals surface area contributed by atoms with E-state index in [2.05, 4.69) is 48.0 Å². The van der Waals surface area contributed by atoms with Crippen LogP contribution in [0.15, 0.2) is 30.6 Å². The van der Waals surface area contributed by atoms with Crippen LogP contribution in [0, 0.1) is 0 Å². The molecule has 1 aliphatic carbocycles. The number of piperazine rings is 1. The minimum atomic E-state index is -0.0968. The Morgan fingerprint density at radius 3 is 2.65 bits per heavy atom. The van der Waals surface area contributed by atoms with Gasteiger partial charge in [0.25, 0.3) is 5.91 Å². The van der Waals surface area contributed by atoms with Gasteiger partial charge in [0.15, 0.2) is 0 Å². The minimum absolute atomic E-state index is 0.0324. The van der Waals surface area contributed by atoms with Crippen LogP contribution >= 0.6 is 0 Å². The number of ether oxygens (including phenoxy) is 1. The SMILES string of the molecule is CO[C@@H](C)CN1CCN(c2ccc(Nc3ncc4cc5n(c4n3)C3(CCCCC3)CNC5=O)nc2)CC1. The molecule has 0 bridgehead atoms. The molecule has 1 amide bonds. The topological polar surface area (TPSA) is 100 Å². The van der Waals surface area contributed by atoms with Crippen LogP contribution in [-0.2, 0) is 10.3 Å². The van der Waals surface area contributed by atoms with Gasteiger partial charge in [0.2, 0.25) is 5.95 Å². The summed E-state index contributed by atoms with van der Waals surface area (Å²) in [6.45, 7) is 7.72. The van der Waals surface area contributed by atoms with Gasteiger partial charge in [-0.05, 0) is 38.0 Å². The molecule has 6 rings (SSSR count). The number of methoxy groups -OCH3 is 1. The minimum Gasteiger partial charge on any atom is -0.380 e. The molecule has 1 saturated heterocycles. The van der Waals surface area contributed by atoms with Crippen molar-refractivity contribution in [2.24, 2.45) is 0 Å². The van der Waals surface area contributed by atoms with E-state index in [1.807, 2.05) is 18.3 Å². The Bertz CT molecular complexity index is 1260. The van der Waals surface area contributed by atoms with Gasteiger partial charge in [-0.15, -0.1) is 0 Å². The average Bonchev–Trinajstić information content (AvgIpc) is 3.33. The van der Waals surface area contributed by atoms with Gasteiger partial charge in [-0.1, -0.05) is 19.3 Å². The first-order valence-electron chi connectivity index (χ1n) is 13.4. The van der Waals surface area contributed by atoms with Crippen molar-refractivity contribution in [2.45, 2.75) is 50.7 Å². The Labute approximate surface area is 217 Å². The number of amides is 1. The summed E-state index contributed by atoms with van der Waals surface area (Å²) in [4.78, 5) is 31.5. The van der Waals surface area contributed by atoms with Crippen LogP contribution in [0.5, 0.6) is 0 Å². The van der Waals surface area contributed by atoms with Crippen LogP contribution in [0.2, 0.25) is 0 Å². The summed E-state index contributed by atoms with van der Waals surface area (Å²) in [5.74, 6) is 1.16. The predicted octanol–water partition coefficient (Wildman–Crippen LogP) is 3.13. The van der Waals surface area contributed by atoms with E-state index in [1.165, 1.54) is 19.3 Å². The maximum atomic E-state index is 12.7. The molecule has 1 saturated carbocycles. The highest BCUT2D eigenvalue weighted by molar-refractivity contribution is 5.99. The predicted molar refractivity (Wildman–Crippen MR) is 144 cm³/mol. The number of hydrogen-bond donors (Lipinski definition) is 2. The number of nitrogens with one attached hydrogen (secondary N) is 2. The number of anilines is 3. The zero-order valence-electron chi connectivity index (χ0n) is 21.7. The number of pyridine rings is 1. The lowest BCUT2D eigenvalue weighted by atomic mass is 9.80. The van der Waals surface area contributed by atoms with Crippen LogP contribution in [0.3, 0.4) is 0 Å². The smallest absolute Gasteiger partial charge is 0.268 e. The highest BCUT2D eigenvalue weighted by Crippen LogP contribution is 2.40. The number of hydrogen-bond acceptors (Lipinski definition) is 8. The van der Waals surface area contributed by atoms with E-state index < -0.39 is 0 Å². The van der Waals surface area contributed by atoms with Crippen molar-refractivity contribution in [1.82, 2.24) is 29.7 Å². The molecule has 0 aromatic carbocycles. The number of carbonyl (C=O) groups excluding carboxylic acids is 1. The van der Waals surface area contributed by atoms with E-state index in [4.69, 9.17) is 9.72 Å². The maximum absolute atomic E-state index is 12.7. The molecule has 196 valence electrons. The zero-order valence-corrected chi connectivity index (χ0v) is 21.7. The van der Waals surface area contributed by atoms with Gasteiger partial charge in [0.05, 0.1) is 23.5 Å². The summed E-state index contributed by atoms with van der Waals surface area (Å²) in [5, 5.41) is 7.28. The van der Waals surface area contributed by atoms with E-state index in [0.29, 0.717) is 24.0 Å². The Morgan fingerprint density at radius 2 is 1.92 bits per heavy atom. The quantitative estimate of drug-likeness (QED) is 0.528. The molecule has 3 aromatic heterocycles. The van der Waals surface area contributed by atoms with Crippen LogP contribution < -0.4 is 15.5 Å². The molecule has 10 heteroatoms. The van der Waals surface area contributed by atoms with Crippen LogP contribution in [0.25, 0.3) is 11.0 Å². The third-order valence-corrected chi connectivity index (χ3v) is 8.25. The summed E-state index contributed by atoms with van der Waals surface area (Å²) in [6.07, 6.45) is 9.66. The van der Waals surface area contributed by atoms with Crippen molar-refractivity contribution in [3.63, 3.8) is 0 Å². The van der Waals surface area contributed by atoms with Crippen molar-refractivity contribution >= 4 is 34.4 Å². The first kappa shape index (κ1) is 24.1. The normalized spacial score (nSPS) is 20.6. The number of rotatable bonds is 6. The third-order valence-electron chi connectivity index (χ3n) is 8.25. The second kappa shape index (κ2) is 9.90. The first-order valence-corrected chi connectivity index (χ1v) is 13.4. The molecule has 1 atom stereocenters. The fourth-order valence-electron chi connectivity index (χ4n) is 6.11. The number of carbonyl (C=O) groups is 1. The summed E-state index contributed by atoms with van der Waals surface area (Å²) in [7, 11) is 1.77. The summed E-state index contributed by atoms with van der Waals surface area (Å²) in [6, 6.07) is 6.00. The molecular weight excluding hydrogens is 468 g/mol. The highest BCUT2D eigenvalue weighted by atomic mass is 16.5. The number of fused-ring (bicyclic) bond motifs is 4. The Hall–Kier alpha value is -3.24. The van der Waals surface area contributed by atoms with Crippen molar-refractivity contribution in [2.75, 3.05) is 56.6 Å². The molecule has 3 aliphatic rings. The van der Waals surface area contributed by atoms with E-state index in [-0.39, 0.29) is 17.6 Å². The molecule has 2 N–H and O–H groups in total. The van der Waals surface area contributed by atoms with Crippen molar-refractivity contribution in [3.05, 3.63) is 36.3 Å². The number of nitrogens with zero attached hydrogens (tertiary/aromatic N) is 6. The second-order valence-electron chi connectivity index (χ2n) is 10.7. The number of aromatic nitrogens is 4. The lowest BCUT2D eigenvalue weighted by Gasteiger charge is -2.42. The zero-order chi connectivity index (χ0) is 25.4. The van der Waals surface area contributed by atoms with Crippen LogP contribution in [0.4, 0.5) is 17.5 Å². The molecule has 37 heavy (non-hydrogen) atoms. The highest BCUT2D eigenvalue weighted by Gasteiger charge is 2.41. The monoisotopic (exact) mass is 504 g/mol. The molecule has 2 aliphatic heterocycles. The lowest BCUT2D eigenvalue weighted by molar-refractivity contribution is 0.0749. The Balaban J connectivity index is 1.18. The van der Waals surface area contributed by atoms with Gasteiger partial charge in [0.1, 0.15) is 17.2 Å². The third kappa shape index (κ3) is 4.64. The molecule has 3 aromatic rings. The standard InChI is InChI=1S/C27H36N8O2/c1-19(37-2)17-33-10-12-34(13-11-33)21-6-7-23(28-16-21)31-26-29-15-20-14-22-25(36)30-18-27(8-4-3-5-9-27)35(22)24(20)32-26/h6-7,14-16,19H,3-5,8-13,17-18H2,1-2H3,(H,30,36)(H,28,29,31,32)/t19-/m0/s1. The lowest BCUT2D eigenvalue weighted by Crippen LogP contribution is -2.52.